The highest BCUT2D eigenvalue weighted by atomic mass is 19.4. The standard InChI is InChI=1S/C37H38F3N3O/c1-3-5-23-43-34(35(30-14-8-6-9-15-30)41-36(43)31-16-10-7-11-17-31)27-42(25-28-19-21-33(22-20-28)44-4-2)26-29-13-12-18-32(24-29)37(38,39)40/h6-22,24H,3-5,23,25-27H2,1-2H3. The molecule has 0 unspecified atom stereocenters. The number of alkyl halides is 3. The Hall–Kier alpha value is -4.36. The van der Waals surface area contributed by atoms with Crippen molar-refractivity contribution in [3.63, 3.8) is 0 Å². The van der Waals surface area contributed by atoms with Crippen molar-refractivity contribution >= 4 is 0 Å². The van der Waals surface area contributed by atoms with E-state index in [-0.39, 0.29) is 0 Å². The first-order chi connectivity index (χ1) is 21.4. The van der Waals surface area contributed by atoms with E-state index >= 15 is 0 Å². The van der Waals surface area contributed by atoms with Crippen LogP contribution in [0.4, 0.5) is 13.2 Å². The number of ether oxygens (including phenoxy) is 1. The normalized spacial score (nSPS) is 11.7. The van der Waals surface area contributed by atoms with Crippen molar-refractivity contribution in [2.24, 2.45) is 0 Å². The first kappa shape index (κ1) is 31.1. The third kappa shape index (κ3) is 7.77. The molecule has 0 radical (unpaired) electrons. The Morgan fingerprint density at radius 2 is 1.39 bits per heavy atom. The fourth-order valence-electron chi connectivity index (χ4n) is 5.44. The molecule has 0 aliphatic heterocycles. The third-order valence-corrected chi connectivity index (χ3v) is 7.56. The van der Waals surface area contributed by atoms with Crippen LogP contribution in [-0.4, -0.2) is 21.1 Å². The number of aromatic nitrogens is 2. The second-order valence-corrected chi connectivity index (χ2v) is 10.9. The minimum atomic E-state index is -4.40. The maximum Gasteiger partial charge on any atom is 0.416 e. The Kier molecular flexibility index (Phi) is 10.2. The summed E-state index contributed by atoms with van der Waals surface area (Å²) in [6, 6.07) is 33.9. The molecule has 0 bridgehead atoms. The van der Waals surface area contributed by atoms with E-state index in [9.17, 15) is 13.2 Å². The van der Waals surface area contributed by atoms with Gasteiger partial charge >= 0.3 is 6.18 Å². The minimum absolute atomic E-state index is 0.338. The van der Waals surface area contributed by atoms with Gasteiger partial charge in [-0.3, -0.25) is 4.90 Å². The molecule has 4 nitrogen and oxygen atoms in total. The summed E-state index contributed by atoms with van der Waals surface area (Å²) in [7, 11) is 0. The molecule has 7 heteroatoms. The van der Waals surface area contributed by atoms with E-state index < -0.39 is 11.7 Å². The number of rotatable bonds is 13. The summed E-state index contributed by atoms with van der Waals surface area (Å²) in [5.41, 5.74) is 4.99. The molecule has 5 aromatic rings. The van der Waals surface area contributed by atoms with Crippen LogP contribution in [0.15, 0.2) is 109 Å². The smallest absolute Gasteiger partial charge is 0.416 e. The lowest BCUT2D eigenvalue weighted by molar-refractivity contribution is -0.137. The molecule has 0 saturated heterocycles. The maximum absolute atomic E-state index is 13.6. The lowest BCUT2D eigenvalue weighted by Crippen LogP contribution is -2.25. The quantitative estimate of drug-likeness (QED) is 0.135. The van der Waals surface area contributed by atoms with Crippen molar-refractivity contribution in [3.05, 3.63) is 132 Å². The number of hydrogen-bond donors (Lipinski definition) is 0. The summed E-state index contributed by atoms with van der Waals surface area (Å²) in [6.07, 6.45) is -2.41. The summed E-state index contributed by atoms with van der Waals surface area (Å²) in [5, 5.41) is 0. The summed E-state index contributed by atoms with van der Waals surface area (Å²) < 4.78 is 48.9. The second-order valence-electron chi connectivity index (χ2n) is 10.9. The molecular weight excluding hydrogens is 559 g/mol. The Balaban J connectivity index is 1.59. The van der Waals surface area contributed by atoms with Gasteiger partial charge in [0.05, 0.1) is 23.6 Å². The van der Waals surface area contributed by atoms with Gasteiger partial charge in [0.1, 0.15) is 11.6 Å². The number of imidazole rings is 1. The van der Waals surface area contributed by atoms with E-state index in [1.807, 2.05) is 67.6 Å². The van der Waals surface area contributed by atoms with E-state index in [2.05, 4.69) is 40.7 Å². The Morgan fingerprint density at radius 3 is 2.02 bits per heavy atom. The monoisotopic (exact) mass is 597 g/mol. The molecule has 228 valence electrons. The summed E-state index contributed by atoms with van der Waals surface area (Å²) >= 11 is 0. The van der Waals surface area contributed by atoms with Crippen molar-refractivity contribution in [2.45, 2.75) is 59.0 Å². The van der Waals surface area contributed by atoms with Gasteiger partial charge in [-0.05, 0) is 42.7 Å². The van der Waals surface area contributed by atoms with Crippen LogP contribution in [0, 0.1) is 0 Å². The molecule has 0 spiro atoms. The highest BCUT2D eigenvalue weighted by molar-refractivity contribution is 5.68. The molecule has 0 amide bonds. The maximum atomic E-state index is 13.6. The Bertz CT molecular complexity index is 1610. The van der Waals surface area contributed by atoms with Crippen molar-refractivity contribution in [1.82, 2.24) is 14.5 Å². The second kappa shape index (κ2) is 14.4. The van der Waals surface area contributed by atoms with Crippen molar-refractivity contribution in [2.75, 3.05) is 6.61 Å². The lowest BCUT2D eigenvalue weighted by atomic mass is 10.1. The molecule has 4 aromatic carbocycles. The highest BCUT2D eigenvalue weighted by Crippen LogP contribution is 2.33. The fourth-order valence-corrected chi connectivity index (χ4v) is 5.44. The van der Waals surface area contributed by atoms with Crippen molar-refractivity contribution in [3.8, 4) is 28.4 Å². The summed E-state index contributed by atoms with van der Waals surface area (Å²) in [6.45, 7) is 6.85. The van der Waals surface area contributed by atoms with E-state index in [1.54, 1.807) is 6.07 Å². The zero-order valence-electron chi connectivity index (χ0n) is 25.2. The zero-order valence-corrected chi connectivity index (χ0v) is 25.2. The van der Waals surface area contributed by atoms with Gasteiger partial charge in [-0.15, -0.1) is 0 Å². The number of benzene rings is 4. The number of nitrogens with zero attached hydrogens (tertiary/aromatic N) is 3. The molecule has 0 aliphatic carbocycles. The van der Waals surface area contributed by atoms with Gasteiger partial charge < -0.3 is 9.30 Å². The van der Waals surface area contributed by atoms with Crippen LogP contribution in [0.2, 0.25) is 0 Å². The first-order valence-corrected chi connectivity index (χ1v) is 15.2. The molecule has 0 atom stereocenters. The van der Waals surface area contributed by atoms with Crippen LogP contribution in [0.3, 0.4) is 0 Å². The van der Waals surface area contributed by atoms with Crippen molar-refractivity contribution in [1.29, 1.82) is 0 Å². The van der Waals surface area contributed by atoms with E-state index in [4.69, 9.17) is 9.72 Å². The molecule has 1 heterocycles. The average molecular weight is 598 g/mol. The van der Waals surface area contributed by atoms with E-state index in [0.717, 1.165) is 65.1 Å². The van der Waals surface area contributed by atoms with Gasteiger partial charge in [0.15, 0.2) is 0 Å². The SMILES string of the molecule is CCCCn1c(-c2ccccc2)nc(-c2ccccc2)c1CN(Cc1ccc(OCC)cc1)Cc1cccc(C(F)(F)F)c1. The van der Waals surface area contributed by atoms with Gasteiger partial charge in [0.25, 0.3) is 0 Å². The predicted molar refractivity (Wildman–Crippen MR) is 170 cm³/mol. The zero-order chi connectivity index (χ0) is 30.9. The Labute approximate surface area is 257 Å². The van der Waals surface area contributed by atoms with Crippen LogP contribution in [-0.2, 0) is 32.4 Å². The van der Waals surface area contributed by atoms with Gasteiger partial charge in [-0.25, -0.2) is 4.98 Å². The topological polar surface area (TPSA) is 30.3 Å². The predicted octanol–water partition coefficient (Wildman–Crippen LogP) is 9.64. The van der Waals surface area contributed by atoms with Gasteiger partial charge in [-0.2, -0.15) is 13.2 Å². The number of halogens is 3. The molecular formula is C37H38F3N3O. The van der Waals surface area contributed by atoms with Crippen LogP contribution in [0.25, 0.3) is 22.6 Å². The first-order valence-electron chi connectivity index (χ1n) is 15.2. The van der Waals surface area contributed by atoms with E-state index in [0.29, 0.717) is 31.8 Å². The van der Waals surface area contributed by atoms with Crippen LogP contribution in [0.5, 0.6) is 5.75 Å². The van der Waals surface area contributed by atoms with Crippen LogP contribution < -0.4 is 4.74 Å². The average Bonchev–Trinajstić information content (AvgIpc) is 3.39. The molecule has 44 heavy (non-hydrogen) atoms. The fraction of sp³-hybridized carbons (Fsp3) is 0.270. The molecule has 5 rings (SSSR count). The van der Waals surface area contributed by atoms with Gasteiger partial charge in [0, 0.05) is 37.3 Å². The lowest BCUT2D eigenvalue weighted by Gasteiger charge is -2.25. The summed E-state index contributed by atoms with van der Waals surface area (Å²) in [5.74, 6) is 1.69. The van der Waals surface area contributed by atoms with Gasteiger partial charge in [-0.1, -0.05) is 104 Å². The largest absolute Gasteiger partial charge is 0.494 e. The van der Waals surface area contributed by atoms with Crippen LogP contribution in [0.1, 0.15) is 49.1 Å². The Morgan fingerprint density at radius 1 is 0.727 bits per heavy atom. The van der Waals surface area contributed by atoms with E-state index in [1.165, 1.54) is 12.1 Å². The summed E-state index contributed by atoms with van der Waals surface area (Å²) in [4.78, 5) is 7.42. The molecule has 1 aromatic heterocycles. The molecule has 0 saturated carbocycles. The number of unbranched alkanes of at least 4 members (excludes halogenated alkanes) is 1. The molecule has 0 N–H and O–H groups in total. The van der Waals surface area contributed by atoms with Gasteiger partial charge in [0.2, 0.25) is 0 Å². The minimum Gasteiger partial charge on any atom is -0.494 e. The van der Waals surface area contributed by atoms with Crippen molar-refractivity contribution < 1.29 is 17.9 Å². The van der Waals surface area contributed by atoms with Crippen LogP contribution >= 0.6 is 0 Å². The number of hydrogen-bond acceptors (Lipinski definition) is 3. The third-order valence-electron chi connectivity index (χ3n) is 7.56. The highest BCUT2D eigenvalue weighted by Gasteiger charge is 2.30. The molecule has 0 aliphatic rings. The molecule has 0 fully saturated rings.